The van der Waals surface area contributed by atoms with Crippen molar-refractivity contribution in [2.24, 2.45) is 0 Å². The monoisotopic (exact) mass is 274 g/mol. The molecule has 108 valence electrons. The average molecular weight is 274 g/mol. The molecule has 20 heavy (non-hydrogen) atoms. The highest BCUT2D eigenvalue weighted by molar-refractivity contribution is 5.37. The Morgan fingerprint density at radius 2 is 1.45 bits per heavy atom. The summed E-state index contributed by atoms with van der Waals surface area (Å²) in [7, 11) is 0. The quantitative estimate of drug-likeness (QED) is 0.790. The first-order valence-electron chi connectivity index (χ1n) is 7.66. The predicted octanol–water partition coefficient (Wildman–Crippen LogP) is 2.94. The second-order valence-electron chi connectivity index (χ2n) is 6.94. The van der Waals surface area contributed by atoms with Crippen molar-refractivity contribution in [3.05, 3.63) is 35.4 Å². The summed E-state index contributed by atoms with van der Waals surface area (Å²) in [5, 5.41) is 10.7. The van der Waals surface area contributed by atoms with Crippen LogP contribution in [0.5, 0.6) is 0 Å². The molecule has 0 amide bonds. The third kappa shape index (κ3) is 2.00. The van der Waals surface area contributed by atoms with Crippen molar-refractivity contribution in [3.63, 3.8) is 0 Å². The van der Waals surface area contributed by atoms with Crippen LogP contribution >= 0.6 is 0 Å². The van der Waals surface area contributed by atoms with Crippen molar-refractivity contribution in [1.29, 1.82) is 0 Å². The molecule has 3 aliphatic rings. The molecule has 2 atom stereocenters. The van der Waals surface area contributed by atoms with Gasteiger partial charge in [-0.1, -0.05) is 24.3 Å². The van der Waals surface area contributed by atoms with Crippen molar-refractivity contribution in [2.75, 3.05) is 13.2 Å². The van der Waals surface area contributed by atoms with Gasteiger partial charge in [0.25, 0.3) is 0 Å². The Morgan fingerprint density at radius 3 is 1.95 bits per heavy atom. The fourth-order valence-electron chi connectivity index (χ4n) is 4.55. The minimum Gasteiger partial charge on any atom is -0.390 e. The van der Waals surface area contributed by atoms with Crippen LogP contribution in [0.2, 0.25) is 0 Å². The van der Waals surface area contributed by atoms with E-state index in [1.165, 1.54) is 11.1 Å². The van der Waals surface area contributed by atoms with E-state index in [1.807, 2.05) is 6.92 Å². The van der Waals surface area contributed by atoms with Crippen molar-refractivity contribution >= 4 is 0 Å². The van der Waals surface area contributed by atoms with Gasteiger partial charge in [-0.15, -0.1) is 0 Å². The highest BCUT2D eigenvalue weighted by Gasteiger charge is 2.49. The van der Waals surface area contributed by atoms with Crippen LogP contribution in [-0.4, -0.2) is 29.7 Å². The average Bonchev–Trinajstić information content (AvgIpc) is 2.75. The Hall–Kier alpha value is -0.900. The standard InChI is InChI=1S/C17H22O3/c1-16(18)8-12-10-17(19-6-7-20-17)11-13(9-16)15-5-3-2-4-14(12)15/h2-5,12-13,18H,6-11H2,1H3. The molecule has 1 aromatic rings. The van der Waals surface area contributed by atoms with Gasteiger partial charge in [-0.05, 0) is 42.7 Å². The van der Waals surface area contributed by atoms with Crippen molar-refractivity contribution in [3.8, 4) is 0 Å². The van der Waals surface area contributed by atoms with E-state index in [2.05, 4.69) is 24.3 Å². The van der Waals surface area contributed by atoms with Crippen molar-refractivity contribution in [1.82, 2.24) is 0 Å². The Bertz CT molecular complexity index is 478. The predicted molar refractivity (Wildman–Crippen MR) is 75.7 cm³/mol. The summed E-state index contributed by atoms with van der Waals surface area (Å²) < 4.78 is 12.0. The Kier molecular flexibility index (Phi) is 2.75. The van der Waals surface area contributed by atoms with Crippen LogP contribution in [0, 0.1) is 0 Å². The number of ether oxygens (including phenoxy) is 2. The number of benzene rings is 1. The van der Waals surface area contributed by atoms with Crippen LogP contribution in [0.1, 0.15) is 55.6 Å². The highest BCUT2D eigenvalue weighted by atomic mass is 16.7. The molecule has 2 unspecified atom stereocenters. The molecule has 2 bridgehead atoms. The van der Waals surface area contributed by atoms with Gasteiger partial charge in [0.1, 0.15) is 0 Å². The molecule has 1 heterocycles. The largest absolute Gasteiger partial charge is 0.390 e. The molecule has 4 rings (SSSR count). The summed E-state index contributed by atoms with van der Waals surface area (Å²) >= 11 is 0. The molecule has 1 fully saturated rings. The SMILES string of the molecule is CC1(O)CC2CC3(CC(C1)c1ccccc12)OCCO3. The van der Waals surface area contributed by atoms with Crippen LogP contribution in [0.25, 0.3) is 0 Å². The Balaban J connectivity index is 1.82. The number of hydrogen-bond donors (Lipinski definition) is 1. The molecule has 1 aliphatic heterocycles. The highest BCUT2D eigenvalue weighted by Crippen LogP contribution is 2.53. The van der Waals surface area contributed by atoms with E-state index in [1.54, 1.807) is 0 Å². The maximum atomic E-state index is 10.7. The molecule has 3 nitrogen and oxygen atoms in total. The normalized spacial score (nSPS) is 38.5. The molecule has 1 spiro atoms. The summed E-state index contributed by atoms with van der Waals surface area (Å²) in [6, 6.07) is 8.67. The van der Waals surface area contributed by atoms with E-state index in [0.717, 1.165) is 25.7 Å². The smallest absolute Gasteiger partial charge is 0.169 e. The van der Waals surface area contributed by atoms with Gasteiger partial charge >= 0.3 is 0 Å². The van der Waals surface area contributed by atoms with E-state index >= 15 is 0 Å². The van der Waals surface area contributed by atoms with Gasteiger partial charge in [0.05, 0.1) is 18.8 Å². The summed E-state index contributed by atoms with van der Waals surface area (Å²) in [5.41, 5.74) is 2.20. The van der Waals surface area contributed by atoms with Gasteiger partial charge < -0.3 is 14.6 Å². The lowest BCUT2D eigenvalue weighted by Gasteiger charge is -2.38. The molecule has 0 saturated carbocycles. The zero-order valence-electron chi connectivity index (χ0n) is 12.0. The first-order chi connectivity index (χ1) is 9.57. The van der Waals surface area contributed by atoms with Crippen LogP contribution in [0.15, 0.2) is 24.3 Å². The van der Waals surface area contributed by atoms with Crippen LogP contribution < -0.4 is 0 Å². The number of hydrogen-bond acceptors (Lipinski definition) is 3. The van der Waals surface area contributed by atoms with E-state index in [4.69, 9.17) is 9.47 Å². The first kappa shape index (κ1) is 12.8. The van der Waals surface area contributed by atoms with Crippen LogP contribution in [0.3, 0.4) is 0 Å². The molecule has 0 aromatic heterocycles. The molecule has 3 heteroatoms. The van der Waals surface area contributed by atoms with Gasteiger partial charge in [0.2, 0.25) is 0 Å². The summed E-state index contributed by atoms with van der Waals surface area (Å²) in [6.07, 6.45) is 3.34. The number of aliphatic hydroxyl groups is 1. The summed E-state index contributed by atoms with van der Waals surface area (Å²) in [6.45, 7) is 3.38. The summed E-state index contributed by atoms with van der Waals surface area (Å²) in [4.78, 5) is 0. The van der Waals surface area contributed by atoms with E-state index in [9.17, 15) is 5.11 Å². The zero-order valence-corrected chi connectivity index (χ0v) is 12.0. The molecule has 1 aromatic carbocycles. The zero-order chi connectivity index (χ0) is 13.8. The molecule has 1 saturated heterocycles. The Labute approximate surface area is 119 Å². The number of rotatable bonds is 0. The Morgan fingerprint density at radius 1 is 0.950 bits per heavy atom. The van der Waals surface area contributed by atoms with Crippen molar-refractivity contribution in [2.45, 2.75) is 55.8 Å². The minimum atomic E-state index is -0.589. The maximum absolute atomic E-state index is 10.7. The maximum Gasteiger partial charge on any atom is 0.169 e. The van der Waals surface area contributed by atoms with Crippen molar-refractivity contribution < 1.29 is 14.6 Å². The fraction of sp³-hybridized carbons (Fsp3) is 0.647. The van der Waals surface area contributed by atoms with Gasteiger partial charge in [0.15, 0.2) is 5.79 Å². The third-order valence-electron chi connectivity index (χ3n) is 5.18. The van der Waals surface area contributed by atoms with Gasteiger partial charge in [0, 0.05) is 12.8 Å². The van der Waals surface area contributed by atoms with Crippen LogP contribution in [0.4, 0.5) is 0 Å². The molecule has 0 radical (unpaired) electrons. The molecule has 1 N–H and O–H groups in total. The third-order valence-corrected chi connectivity index (χ3v) is 5.18. The molecule has 2 aliphatic carbocycles. The molecular weight excluding hydrogens is 252 g/mol. The minimum absolute atomic E-state index is 0.326. The van der Waals surface area contributed by atoms with E-state index in [-0.39, 0.29) is 0 Å². The second kappa shape index (κ2) is 4.30. The summed E-state index contributed by atoms with van der Waals surface area (Å²) in [5.74, 6) is 0.240. The lowest BCUT2D eigenvalue weighted by molar-refractivity contribution is -0.180. The van der Waals surface area contributed by atoms with Crippen LogP contribution in [-0.2, 0) is 9.47 Å². The van der Waals surface area contributed by atoms with E-state index in [0.29, 0.717) is 25.0 Å². The fourth-order valence-corrected chi connectivity index (χ4v) is 4.55. The van der Waals surface area contributed by atoms with E-state index < -0.39 is 11.4 Å². The van der Waals surface area contributed by atoms with Gasteiger partial charge in [-0.2, -0.15) is 0 Å². The second-order valence-corrected chi connectivity index (χ2v) is 6.94. The van der Waals surface area contributed by atoms with Gasteiger partial charge in [-0.3, -0.25) is 0 Å². The molecular formula is C17H22O3. The van der Waals surface area contributed by atoms with Gasteiger partial charge in [-0.25, -0.2) is 0 Å². The lowest BCUT2D eigenvalue weighted by Crippen LogP contribution is -2.39. The topological polar surface area (TPSA) is 38.7 Å². The first-order valence-corrected chi connectivity index (χ1v) is 7.66. The lowest BCUT2D eigenvalue weighted by atomic mass is 9.78.